The van der Waals surface area contributed by atoms with E-state index in [9.17, 15) is 4.79 Å². The summed E-state index contributed by atoms with van der Waals surface area (Å²) in [5, 5.41) is 8.45. The molecule has 2 heterocycles. The van der Waals surface area contributed by atoms with E-state index in [1.54, 1.807) is 17.8 Å². The molecule has 0 saturated carbocycles. The third-order valence-corrected chi connectivity index (χ3v) is 3.47. The zero-order valence-electron chi connectivity index (χ0n) is 11.4. The maximum absolute atomic E-state index is 11.9. The van der Waals surface area contributed by atoms with Crippen LogP contribution in [-0.2, 0) is 0 Å². The zero-order valence-corrected chi connectivity index (χ0v) is 12.2. The molecule has 0 aliphatic heterocycles. The zero-order chi connectivity index (χ0) is 14.2. The van der Waals surface area contributed by atoms with Gasteiger partial charge in [-0.3, -0.25) is 9.78 Å². The molecule has 2 aromatic rings. The van der Waals surface area contributed by atoms with Crippen LogP contribution in [0.15, 0.2) is 29.9 Å². The Labute approximate surface area is 122 Å². The Kier molecular flexibility index (Phi) is 5.49. The van der Waals surface area contributed by atoms with Gasteiger partial charge in [-0.25, -0.2) is 4.98 Å². The van der Waals surface area contributed by atoms with Crippen LogP contribution < -0.4 is 10.6 Å². The fourth-order valence-corrected chi connectivity index (χ4v) is 2.37. The maximum atomic E-state index is 11.9. The lowest BCUT2D eigenvalue weighted by atomic mass is 10.2. The first kappa shape index (κ1) is 14.5. The molecule has 0 spiro atoms. The van der Waals surface area contributed by atoms with E-state index in [0.717, 1.165) is 24.9 Å². The Morgan fingerprint density at radius 2 is 2.30 bits per heavy atom. The van der Waals surface area contributed by atoms with Gasteiger partial charge in [0, 0.05) is 18.1 Å². The van der Waals surface area contributed by atoms with Crippen molar-refractivity contribution >= 4 is 28.1 Å². The average molecular weight is 290 g/mol. The van der Waals surface area contributed by atoms with Crippen molar-refractivity contribution in [1.29, 1.82) is 0 Å². The van der Waals surface area contributed by atoms with Crippen molar-refractivity contribution in [3.63, 3.8) is 0 Å². The van der Waals surface area contributed by atoms with Crippen LogP contribution >= 0.6 is 11.3 Å². The molecule has 20 heavy (non-hydrogen) atoms. The van der Waals surface area contributed by atoms with Crippen molar-refractivity contribution in [1.82, 2.24) is 15.3 Å². The number of nitrogens with zero attached hydrogens (tertiary/aromatic N) is 2. The number of rotatable bonds is 7. The molecule has 2 rings (SSSR count). The number of nitrogens with one attached hydrogen (secondary N) is 2. The normalized spacial score (nSPS) is 10.2. The van der Waals surface area contributed by atoms with Gasteiger partial charge in [0.25, 0.3) is 5.91 Å². The summed E-state index contributed by atoms with van der Waals surface area (Å²) < 4.78 is 0. The second-order valence-electron chi connectivity index (χ2n) is 4.37. The predicted molar refractivity (Wildman–Crippen MR) is 81.5 cm³/mol. The van der Waals surface area contributed by atoms with E-state index >= 15 is 0 Å². The van der Waals surface area contributed by atoms with Crippen molar-refractivity contribution in [2.24, 2.45) is 0 Å². The van der Waals surface area contributed by atoms with Gasteiger partial charge in [0.1, 0.15) is 5.69 Å². The molecule has 0 fully saturated rings. The van der Waals surface area contributed by atoms with Crippen molar-refractivity contribution in [3.8, 4) is 0 Å². The van der Waals surface area contributed by atoms with Gasteiger partial charge in [0.15, 0.2) is 5.13 Å². The number of aromatic nitrogens is 2. The summed E-state index contributed by atoms with van der Waals surface area (Å²) in [7, 11) is 0. The molecule has 2 aromatic heterocycles. The number of anilines is 2. The smallest absolute Gasteiger partial charge is 0.270 e. The molecule has 0 saturated heterocycles. The predicted octanol–water partition coefficient (Wildman–Crippen LogP) is 3.20. The van der Waals surface area contributed by atoms with Gasteiger partial charge in [-0.2, -0.15) is 0 Å². The summed E-state index contributed by atoms with van der Waals surface area (Å²) >= 11 is 1.41. The van der Waals surface area contributed by atoms with E-state index in [2.05, 4.69) is 27.5 Å². The van der Waals surface area contributed by atoms with Gasteiger partial charge in [-0.05, 0) is 18.6 Å². The molecule has 0 unspecified atom stereocenters. The SMILES string of the molecule is CCCCCNC(=O)c1csc(Nc2cccnc2)n1. The van der Waals surface area contributed by atoms with Crippen molar-refractivity contribution in [3.05, 3.63) is 35.6 Å². The van der Waals surface area contributed by atoms with E-state index in [1.165, 1.54) is 11.3 Å². The number of hydrogen-bond acceptors (Lipinski definition) is 5. The monoisotopic (exact) mass is 290 g/mol. The summed E-state index contributed by atoms with van der Waals surface area (Å²) in [5.41, 5.74) is 1.31. The van der Waals surface area contributed by atoms with Crippen LogP contribution in [0.2, 0.25) is 0 Å². The average Bonchev–Trinajstić information content (AvgIpc) is 2.93. The van der Waals surface area contributed by atoms with Crippen LogP contribution in [0.3, 0.4) is 0 Å². The second-order valence-corrected chi connectivity index (χ2v) is 5.23. The summed E-state index contributed by atoms with van der Waals surface area (Å²) in [6.07, 6.45) is 6.71. The highest BCUT2D eigenvalue weighted by Gasteiger charge is 2.10. The molecule has 0 bridgehead atoms. The van der Waals surface area contributed by atoms with Crippen molar-refractivity contribution in [2.75, 3.05) is 11.9 Å². The van der Waals surface area contributed by atoms with Gasteiger partial charge in [0.05, 0.1) is 11.9 Å². The third-order valence-electron chi connectivity index (χ3n) is 2.72. The highest BCUT2D eigenvalue weighted by atomic mass is 32.1. The van der Waals surface area contributed by atoms with Crippen LogP contribution in [0.25, 0.3) is 0 Å². The minimum Gasteiger partial charge on any atom is -0.351 e. The molecular weight excluding hydrogens is 272 g/mol. The van der Waals surface area contributed by atoms with Crippen molar-refractivity contribution in [2.45, 2.75) is 26.2 Å². The van der Waals surface area contributed by atoms with Crippen LogP contribution in [0.1, 0.15) is 36.7 Å². The van der Waals surface area contributed by atoms with Crippen LogP contribution in [0, 0.1) is 0 Å². The standard InChI is InChI=1S/C14H18N4OS/c1-2-3-4-8-16-13(19)12-10-20-14(18-12)17-11-6-5-7-15-9-11/h5-7,9-10H,2-4,8H2,1H3,(H,16,19)(H,17,18). The Hall–Kier alpha value is -1.95. The summed E-state index contributed by atoms with van der Waals surface area (Å²) in [5.74, 6) is -0.114. The number of amides is 1. The number of carbonyl (C=O) groups excluding carboxylic acids is 1. The van der Waals surface area contributed by atoms with E-state index < -0.39 is 0 Å². The van der Waals surface area contributed by atoms with Gasteiger partial charge in [0.2, 0.25) is 0 Å². The third kappa shape index (κ3) is 4.31. The Bertz CT molecular complexity index is 541. The minimum atomic E-state index is -0.114. The first-order valence-electron chi connectivity index (χ1n) is 6.70. The Morgan fingerprint density at radius 3 is 3.05 bits per heavy atom. The first-order chi connectivity index (χ1) is 9.79. The molecule has 106 valence electrons. The number of carbonyl (C=O) groups is 1. The molecule has 0 radical (unpaired) electrons. The Morgan fingerprint density at radius 1 is 1.40 bits per heavy atom. The maximum Gasteiger partial charge on any atom is 0.270 e. The van der Waals surface area contributed by atoms with Gasteiger partial charge < -0.3 is 10.6 Å². The largest absolute Gasteiger partial charge is 0.351 e. The molecule has 0 aliphatic rings. The molecule has 0 aliphatic carbocycles. The highest BCUT2D eigenvalue weighted by Crippen LogP contribution is 2.20. The lowest BCUT2D eigenvalue weighted by molar-refractivity contribution is 0.0949. The lowest BCUT2D eigenvalue weighted by Gasteiger charge is -2.02. The molecule has 0 aromatic carbocycles. The van der Waals surface area contributed by atoms with Crippen molar-refractivity contribution < 1.29 is 4.79 Å². The van der Waals surface area contributed by atoms with E-state index in [1.807, 2.05) is 12.1 Å². The topological polar surface area (TPSA) is 66.9 Å². The quantitative estimate of drug-likeness (QED) is 0.768. The molecular formula is C14H18N4OS. The lowest BCUT2D eigenvalue weighted by Crippen LogP contribution is -2.24. The van der Waals surface area contributed by atoms with Crippen LogP contribution in [0.4, 0.5) is 10.8 Å². The van der Waals surface area contributed by atoms with Gasteiger partial charge in [-0.15, -0.1) is 11.3 Å². The first-order valence-corrected chi connectivity index (χ1v) is 7.58. The molecule has 5 nitrogen and oxygen atoms in total. The Balaban J connectivity index is 1.87. The molecule has 6 heteroatoms. The fourth-order valence-electron chi connectivity index (χ4n) is 1.66. The number of pyridine rings is 1. The molecule has 0 atom stereocenters. The summed E-state index contributed by atoms with van der Waals surface area (Å²) in [4.78, 5) is 20.2. The number of thiazole rings is 1. The highest BCUT2D eigenvalue weighted by molar-refractivity contribution is 7.14. The van der Waals surface area contributed by atoms with E-state index in [0.29, 0.717) is 17.4 Å². The van der Waals surface area contributed by atoms with Gasteiger partial charge >= 0.3 is 0 Å². The second kappa shape index (κ2) is 7.59. The van der Waals surface area contributed by atoms with Crippen LogP contribution in [0.5, 0.6) is 0 Å². The molecule has 2 N–H and O–H groups in total. The summed E-state index contributed by atoms with van der Waals surface area (Å²) in [6, 6.07) is 3.75. The molecule has 1 amide bonds. The van der Waals surface area contributed by atoms with E-state index in [-0.39, 0.29) is 5.91 Å². The summed E-state index contributed by atoms with van der Waals surface area (Å²) in [6.45, 7) is 2.84. The minimum absolute atomic E-state index is 0.114. The van der Waals surface area contributed by atoms with Crippen LogP contribution in [-0.4, -0.2) is 22.4 Å². The van der Waals surface area contributed by atoms with Gasteiger partial charge in [-0.1, -0.05) is 19.8 Å². The number of hydrogen-bond donors (Lipinski definition) is 2. The number of unbranched alkanes of at least 4 members (excludes halogenated alkanes) is 2. The fraction of sp³-hybridized carbons (Fsp3) is 0.357. The van der Waals surface area contributed by atoms with E-state index in [4.69, 9.17) is 0 Å².